The molecule has 51 heavy (non-hydrogen) atoms. The zero-order chi connectivity index (χ0) is 34.5. The number of allylic oxidation sites excluding steroid dienone is 4. The minimum Gasteiger partial charge on any atom is -0.456 e. The molecule has 0 saturated heterocycles. The molecule has 0 aliphatic rings. The van der Waals surface area contributed by atoms with Crippen LogP contribution in [0.25, 0.3) is 33.1 Å². The van der Waals surface area contributed by atoms with Gasteiger partial charge in [-0.1, -0.05) is 158 Å². The number of hydrogen-bond acceptors (Lipinski definition) is 2. The molecule has 0 spiro atoms. The van der Waals surface area contributed by atoms with Gasteiger partial charge in [-0.3, -0.25) is 0 Å². The van der Waals surface area contributed by atoms with Crippen molar-refractivity contribution in [3.63, 3.8) is 0 Å². The Morgan fingerprint density at radius 3 is 1.61 bits per heavy atom. The lowest BCUT2D eigenvalue weighted by Gasteiger charge is -2.35. The van der Waals surface area contributed by atoms with Crippen molar-refractivity contribution >= 4 is 56.9 Å². The van der Waals surface area contributed by atoms with Crippen molar-refractivity contribution in [2.45, 2.75) is 13.3 Å². The van der Waals surface area contributed by atoms with E-state index in [0.29, 0.717) is 0 Å². The van der Waals surface area contributed by atoms with Crippen LogP contribution >= 0.6 is 0 Å². The highest BCUT2D eigenvalue weighted by molar-refractivity contribution is 7.16. The predicted octanol–water partition coefficient (Wildman–Crippen LogP) is 10.8. The summed E-state index contributed by atoms with van der Waals surface area (Å²) in [4.78, 5) is 0. The molecule has 8 aromatic rings. The number of anilines is 2. The maximum atomic E-state index is 6.34. The van der Waals surface area contributed by atoms with Gasteiger partial charge in [0, 0.05) is 28.2 Å². The van der Waals surface area contributed by atoms with Gasteiger partial charge in [-0.25, -0.2) is 0 Å². The molecule has 246 valence electrons. The molecule has 0 radical (unpaired) electrons. The zero-order valence-electron chi connectivity index (χ0n) is 28.7. The van der Waals surface area contributed by atoms with Gasteiger partial charge in [0.2, 0.25) is 0 Å². The van der Waals surface area contributed by atoms with Crippen LogP contribution in [-0.2, 0) is 6.42 Å². The third-order valence-corrected chi connectivity index (χ3v) is 14.8. The van der Waals surface area contributed by atoms with Crippen LogP contribution in [0.3, 0.4) is 0 Å². The Balaban J connectivity index is 1.02. The number of benzene rings is 7. The Hall–Kier alpha value is -6.16. The largest absolute Gasteiger partial charge is 0.456 e. The monoisotopic (exact) mass is 673 g/mol. The SMILES string of the molecule is C/C=C(\C=C/Cc1ccc(Nc2ccc3c(c2)oc2cc(-c4ccccc4)ccc23)cc1)[Si](c1ccccc1)(c1ccccc1)c1ccccc1. The molecule has 7 aromatic carbocycles. The highest BCUT2D eigenvalue weighted by Crippen LogP contribution is 2.34. The van der Waals surface area contributed by atoms with E-state index in [1.807, 2.05) is 6.07 Å². The molecule has 0 aliphatic heterocycles. The normalized spacial score (nSPS) is 12.1. The molecule has 0 bridgehead atoms. The first-order chi connectivity index (χ1) is 25.2. The van der Waals surface area contributed by atoms with Crippen LogP contribution < -0.4 is 20.9 Å². The lowest BCUT2D eigenvalue weighted by atomic mass is 10.0. The third kappa shape index (κ3) is 6.36. The first-order valence-corrected chi connectivity index (χ1v) is 19.6. The summed E-state index contributed by atoms with van der Waals surface area (Å²) in [7, 11) is -2.54. The molecule has 1 N–H and O–H groups in total. The topological polar surface area (TPSA) is 25.2 Å². The Labute approximate surface area is 301 Å². The fraction of sp³-hybridized carbons (Fsp3) is 0.0417. The molecule has 1 heterocycles. The molecule has 0 fully saturated rings. The van der Waals surface area contributed by atoms with Gasteiger partial charge in [0.15, 0.2) is 8.07 Å². The summed E-state index contributed by atoms with van der Waals surface area (Å²) in [6, 6.07) is 65.2. The molecule has 0 unspecified atom stereocenters. The molecule has 3 heteroatoms. The second kappa shape index (κ2) is 14.4. The standard InChI is InChI=1S/C48H39NOSi/c1-2-41(51(42-19-9-4-10-20-42,43-21-11-5-12-22-43)44-23-13-6-14-24-44)25-15-16-36-26-29-39(30-27-36)49-40-31-33-46-45-32-28-38(37-17-7-3-8-18-37)34-47(45)50-48(46)35-40/h2-15,17-35,49H,16H2,1H3/b25-15-,41-2+. The fourth-order valence-corrected chi connectivity index (χ4v) is 12.3. The van der Waals surface area contributed by atoms with Crippen molar-refractivity contribution in [1.82, 2.24) is 0 Å². The molecule has 1 aromatic heterocycles. The summed E-state index contributed by atoms with van der Waals surface area (Å²) in [5.41, 5.74) is 7.43. The summed E-state index contributed by atoms with van der Waals surface area (Å²) >= 11 is 0. The molecule has 2 nitrogen and oxygen atoms in total. The van der Waals surface area contributed by atoms with E-state index in [1.165, 1.54) is 31.9 Å². The van der Waals surface area contributed by atoms with E-state index in [-0.39, 0.29) is 0 Å². The second-order valence-corrected chi connectivity index (χ2v) is 16.7. The van der Waals surface area contributed by atoms with Crippen molar-refractivity contribution in [2.75, 3.05) is 5.32 Å². The Kier molecular flexibility index (Phi) is 9.03. The van der Waals surface area contributed by atoms with Gasteiger partial charge < -0.3 is 9.73 Å². The maximum Gasteiger partial charge on any atom is 0.179 e. The minimum atomic E-state index is -2.54. The van der Waals surface area contributed by atoms with E-state index < -0.39 is 8.07 Å². The molecule has 0 saturated carbocycles. The lowest BCUT2D eigenvalue weighted by Crippen LogP contribution is -2.68. The van der Waals surface area contributed by atoms with E-state index in [1.54, 1.807) is 0 Å². The average Bonchev–Trinajstić information content (AvgIpc) is 3.57. The highest BCUT2D eigenvalue weighted by atomic mass is 28.3. The third-order valence-electron chi connectivity index (χ3n) is 9.84. The predicted molar refractivity (Wildman–Crippen MR) is 219 cm³/mol. The summed E-state index contributed by atoms with van der Waals surface area (Å²) < 4.78 is 6.34. The van der Waals surface area contributed by atoms with Crippen LogP contribution in [0.15, 0.2) is 210 Å². The summed E-state index contributed by atoms with van der Waals surface area (Å²) in [6.45, 7) is 2.18. The van der Waals surface area contributed by atoms with Crippen LogP contribution in [-0.4, -0.2) is 8.07 Å². The number of rotatable bonds is 10. The van der Waals surface area contributed by atoms with E-state index in [2.05, 4.69) is 206 Å². The highest BCUT2D eigenvalue weighted by Gasteiger charge is 2.41. The van der Waals surface area contributed by atoms with Gasteiger partial charge >= 0.3 is 0 Å². The van der Waals surface area contributed by atoms with Crippen LogP contribution in [0.5, 0.6) is 0 Å². The lowest BCUT2D eigenvalue weighted by molar-refractivity contribution is 0.669. The quantitative estimate of drug-likeness (QED) is 0.0888. The van der Waals surface area contributed by atoms with Crippen LogP contribution in [0.2, 0.25) is 0 Å². The number of nitrogens with one attached hydrogen (secondary N) is 1. The van der Waals surface area contributed by atoms with Gasteiger partial charge in [-0.15, -0.1) is 0 Å². The van der Waals surface area contributed by atoms with Crippen molar-refractivity contribution < 1.29 is 4.42 Å². The first-order valence-electron chi connectivity index (χ1n) is 17.6. The molecule has 0 atom stereocenters. The summed E-state index contributed by atoms with van der Waals surface area (Å²) in [5, 5.41) is 11.4. The summed E-state index contributed by atoms with van der Waals surface area (Å²) in [6.07, 6.45) is 7.87. The zero-order valence-corrected chi connectivity index (χ0v) is 29.7. The van der Waals surface area contributed by atoms with Crippen molar-refractivity contribution in [2.24, 2.45) is 0 Å². The van der Waals surface area contributed by atoms with E-state index >= 15 is 0 Å². The van der Waals surface area contributed by atoms with E-state index in [0.717, 1.165) is 45.3 Å². The summed E-state index contributed by atoms with van der Waals surface area (Å²) in [5.74, 6) is 0. The van der Waals surface area contributed by atoms with Crippen molar-refractivity contribution in [3.8, 4) is 11.1 Å². The number of hydrogen-bond donors (Lipinski definition) is 1. The average molecular weight is 674 g/mol. The smallest absolute Gasteiger partial charge is 0.179 e. The second-order valence-electron chi connectivity index (χ2n) is 12.9. The molecule has 0 aliphatic carbocycles. The van der Waals surface area contributed by atoms with Gasteiger partial charge in [0.1, 0.15) is 11.2 Å². The van der Waals surface area contributed by atoms with Gasteiger partial charge in [0.25, 0.3) is 0 Å². The van der Waals surface area contributed by atoms with Crippen molar-refractivity contribution in [1.29, 1.82) is 0 Å². The Morgan fingerprint density at radius 2 is 1.04 bits per heavy atom. The minimum absolute atomic E-state index is 0.844. The Morgan fingerprint density at radius 1 is 0.529 bits per heavy atom. The number of furan rings is 1. The van der Waals surface area contributed by atoms with Crippen LogP contribution in [0.1, 0.15) is 12.5 Å². The van der Waals surface area contributed by atoms with Crippen LogP contribution in [0.4, 0.5) is 11.4 Å². The van der Waals surface area contributed by atoms with E-state index in [9.17, 15) is 0 Å². The molecule has 8 rings (SSSR count). The van der Waals surface area contributed by atoms with Gasteiger partial charge in [-0.05, 0) is 87.2 Å². The van der Waals surface area contributed by atoms with Gasteiger partial charge in [0.05, 0.1) is 0 Å². The fourth-order valence-electron chi connectivity index (χ4n) is 7.38. The van der Waals surface area contributed by atoms with Crippen molar-refractivity contribution in [3.05, 3.63) is 211 Å². The van der Waals surface area contributed by atoms with E-state index in [4.69, 9.17) is 4.42 Å². The molecular weight excluding hydrogens is 635 g/mol. The number of fused-ring (bicyclic) bond motifs is 3. The molecular formula is C48H39NOSi. The van der Waals surface area contributed by atoms with Gasteiger partial charge in [-0.2, -0.15) is 0 Å². The maximum absolute atomic E-state index is 6.34. The molecule has 0 amide bonds. The Bertz CT molecular complexity index is 2350. The van der Waals surface area contributed by atoms with Crippen LogP contribution in [0, 0.1) is 0 Å². The first kappa shape index (κ1) is 32.1.